The van der Waals surface area contributed by atoms with Crippen LogP contribution in [0.15, 0.2) is 88.7 Å². The maximum Gasteiger partial charge on any atom is 0.118 e. The minimum Gasteiger partial charge on any atom is -0.497 e. The maximum atomic E-state index is 8.78. The summed E-state index contributed by atoms with van der Waals surface area (Å²) in [4.78, 5) is 2.93. The van der Waals surface area contributed by atoms with Crippen LogP contribution in [-0.2, 0) is 13.0 Å². The number of benzene rings is 3. The lowest BCUT2D eigenvalue weighted by Crippen LogP contribution is -2.15. The van der Waals surface area contributed by atoms with Gasteiger partial charge in [0.2, 0.25) is 0 Å². The van der Waals surface area contributed by atoms with Crippen LogP contribution in [0.5, 0.6) is 11.5 Å². The van der Waals surface area contributed by atoms with Crippen molar-refractivity contribution in [3.63, 3.8) is 0 Å². The zero-order valence-electron chi connectivity index (χ0n) is 21.0. The van der Waals surface area contributed by atoms with Crippen molar-refractivity contribution in [2.24, 2.45) is 5.11 Å². The summed E-state index contributed by atoms with van der Waals surface area (Å²) in [7, 11) is 3.35. The van der Waals surface area contributed by atoms with Gasteiger partial charge in [-0.2, -0.15) is 16.4 Å². The van der Waals surface area contributed by atoms with Crippen LogP contribution in [0.1, 0.15) is 33.9 Å². The lowest BCUT2D eigenvalue weighted by atomic mass is 9.97. The first-order valence-electron chi connectivity index (χ1n) is 12.2. The molecule has 6 rings (SSSR count). The monoisotopic (exact) mass is 519 g/mol. The Hall–Kier alpha value is -4.52. The van der Waals surface area contributed by atoms with Gasteiger partial charge in [-0.1, -0.05) is 47.6 Å². The Morgan fingerprint density at radius 3 is 2.24 bits per heavy atom. The smallest absolute Gasteiger partial charge is 0.118 e. The highest BCUT2D eigenvalue weighted by atomic mass is 32.1. The molecule has 0 fully saturated rings. The van der Waals surface area contributed by atoms with Crippen molar-refractivity contribution in [3.05, 3.63) is 122 Å². The van der Waals surface area contributed by atoms with Crippen LogP contribution in [0.2, 0.25) is 0 Å². The van der Waals surface area contributed by atoms with Crippen molar-refractivity contribution >= 4 is 11.3 Å². The van der Waals surface area contributed by atoms with Gasteiger partial charge in [0.05, 0.1) is 32.2 Å². The molecule has 188 valence electrons. The van der Waals surface area contributed by atoms with Gasteiger partial charge in [0, 0.05) is 33.4 Å². The second-order valence-electron chi connectivity index (χ2n) is 9.14. The molecule has 0 atom stereocenters. The molecule has 0 unspecified atom stereocenters. The minimum absolute atomic E-state index is 0.165. The van der Waals surface area contributed by atoms with Crippen LogP contribution >= 0.6 is 11.3 Å². The number of ether oxygens (including phenoxy) is 2. The van der Waals surface area contributed by atoms with E-state index in [1.54, 1.807) is 25.6 Å². The summed E-state index contributed by atoms with van der Waals surface area (Å²) in [5.74, 6) is 1.62. The molecule has 0 bridgehead atoms. The van der Waals surface area contributed by atoms with Crippen LogP contribution in [0, 0.1) is 0 Å². The predicted molar refractivity (Wildman–Crippen MR) is 150 cm³/mol. The number of rotatable bonds is 8. The topological polar surface area (TPSA) is 85.0 Å². The lowest BCUT2D eigenvalue weighted by molar-refractivity contribution is 0.414. The standard InChI is InChI=1S/C30H25N5O2S/c1-36-24-8-4-20(5-9-24)29(21-6-10-25(37-2)11-7-21)35-30-26-12-3-19(17-32-34-31)15-23(26)16-27(30)28(33-35)22-13-14-38-18-22/h3-15,18,29H,16-17H2,1-2H3. The molecular formula is C30H25N5O2S. The minimum atomic E-state index is -0.165. The number of aromatic nitrogens is 2. The third-order valence-corrected chi connectivity index (χ3v) is 7.70. The number of hydrogen-bond donors (Lipinski definition) is 0. The van der Waals surface area contributed by atoms with E-state index in [0.717, 1.165) is 57.1 Å². The highest BCUT2D eigenvalue weighted by Gasteiger charge is 2.32. The van der Waals surface area contributed by atoms with Gasteiger partial charge < -0.3 is 9.47 Å². The Bertz CT molecular complexity index is 1590. The van der Waals surface area contributed by atoms with Gasteiger partial charge in [0.25, 0.3) is 0 Å². The van der Waals surface area contributed by atoms with E-state index in [-0.39, 0.29) is 6.04 Å². The third kappa shape index (κ3) is 4.20. The van der Waals surface area contributed by atoms with E-state index in [1.165, 1.54) is 11.1 Å². The molecule has 0 radical (unpaired) electrons. The number of fused-ring (bicyclic) bond motifs is 3. The maximum absolute atomic E-state index is 8.78. The normalized spacial score (nSPS) is 11.7. The molecule has 0 spiro atoms. The average molecular weight is 520 g/mol. The highest BCUT2D eigenvalue weighted by molar-refractivity contribution is 7.08. The lowest BCUT2D eigenvalue weighted by Gasteiger charge is -2.22. The zero-order valence-corrected chi connectivity index (χ0v) is 21.9. The van der Waals surface area contributed by atoms with Gasteiger partial charge in [-0.15, -0.1) is 0 Å². The first-order valence-corrected chi connectivity index (χ1v) is 13.2. The Morgan fingerprint density at radius 2 is 1.66 bits per heavy atom. The van der Waals surface area contributed by atoms with Crippen molar-refractivity contribution in [3.8, 4) is 34.0 Å². The van der Waals surface area contributed by atoms with E-state index in [2.05, 4.69) is 67.9 Å². The van der Waals surface area contributed by atoms with Crippen LogP contribution in [0.25, 0.3) is 33.0 Å². The molecule has 0 saturated heterocycles. The fourth-order valence-corrected chi connectivity index (χ4v) is 5.85. The molecule has 2 heterocycles. The van der Waals surface area contributed by atoms with Crippen LogP contribution in [0.3, 0.4) is 0 Å². The number of hydrogen-bond acceptors (Lipinski definition) is 5. The van der Waals surface area contributed by atoms with E-state index in [4.69, 9.17) is 20.1 Å². The van der Waals surface area contributed by atoms with Gasteiger partial charge in [0.15, 0.2) is 0 Å². The number of nitrogens with zero attached hydrogens (tertiary/aromatic N) is 5. The van der Waals surface area contributed by atoms with Crippen molar-refractivity contribution in [1.82, 2.24) is 9.78 Å². The summed E-state index contributed by atoms with van der Waals surface area (Å²) >= 11 is 1.67. The van der Waals surface area contributed by atoms with E-state index in [0.29, 0.717) is 6.54 Å². The first-order chi connectivity index (χ1) is 18.7. The van der Waals surface area contributed by atoms with E-state index < -0.39 is 0 Å². The Balaban J connectivity index is 1.57. The second-order valence-corrected chi connectivity index (χ2v) is 9.92. The molecule has 1 aliphatic rings. The highest BCUT2D eigenvalue weighted by Crippen LogP contribution is 2.45. The Kier molecular flexibility index (Phi) is 6.33. The van der Waals surface area contributed by atoms with Crippen molar-refractivity contribution < 1.29 is 9.47 Å². The molecule has 0 aliphatic heterocycles. The fourth-order valence-electron chi connectivity index (χ4n) is 5.21. The molecule has 0 N–H and O–H groups in total. The van der Waals surface area contributed by atoms with Crippen molar-refractivity contribution in [2.75, 3.05) is 14.2 Å². The molecule has 2 aromatic heterocycles. The Labute approximate surface area is 224 Å². The summed E-state index contributed by atoms with van der Waals surface area (Å²) in [5, 5.41) is 13.3. The molecule has 3 aromatic carbocycles. The number of azide groups is 1. The SMILES string of the molecule is COc1ccc(C(c2ccc(OC)cc2)n2nc(-c3ccsc3)c3c2-c2ccc(CN=[N+]=[N-])cc2C3)cc1. The molecule has 7 nitrogen and oxygen atoms in total. The molecule has 0 amide bonds. The Morgan fingerprint density at radius 1 is 0.974 bits per heavy atom. The molecule has 8 heteroatoms. The van der Waals surface area contributed by atoms with Crippen molar-refractivity contribution in [2.45, 2.75) is 19.0 Å². The molecule has 38 heavy (non-hydrogen) atoms. The number of thiophene rings is 1. The van der Waals surface area contributed by atoms with Crippen LogP contribution in [-0.4, -0.2) is 24.0 Å². The molecule has 0 saturated carbocycles. The zero-order chi connectivity index (χ0) is 26.1. The third-order valence-electron chi connectivity index (χ3n) is 7.02. The summed E-state index contributed by atoms with van der Waals surface area (Å²) in [5.41, 5.74) is 18.8. The van der Waals surface area contributed by atoms with Crippen molar-refractivity contribution in [1.29, 1.82) is 0 Å². The van der Waals surface area contributed by atoms with Crippen LogP contribution < -0.4 is 9.47 Å². The summed E-state index contributed by atoms with van der Waals surface area (Å²) in [6, 6.07) is 24.7. The predicted octanol–water partition coefficient (Wildman–Crippen LogP) is 7.65. The number of methoxy groups -OCH3 is 2. The molecule has 5 aromatic rings. The van der Waals surface area contributed by atoms with E-state index in [1.807, 2.05) is 30.3 Å². The summed E-state index contributed by atoms with van der Waals surface area (Å²) < 4.78 is 13.0. The van der Waals surface area contributed by atoms with Crippen LogP contribution in [0.4, 0.5) is 0 Å². The molecule has 1 aliphatic carbocycles. The average Bonchev–Trinajstić information content (AvgIpc) is 3.70. The van der Waals surface area contributed by atoms with E-state index in [9.17, 15) is 0 Å². The molecular weight excluding hydrogens is 494 g/mol. The summed E-state index contributed by atoms with van der Waals surface area (Å²) in [6.07, 6.45) is 0.776. The van der Waals surface area contributed by atoms with Gasteiger partial charge in [-0.3, -0.25) is 4.68 Å². The summed E-state index contributed by atoms with van der Waals surface area (Å²) in [6.45, 7) is 0.337. The van der Waals surface area contributed by atoms with E-state index >= 15 is 0 Å². The van der Waals surface area contributed by atoms with Gasteiger partial charge >= 0.3 is 0 Å². The fraction of sp³-hybridized carbons (Fsp3) is 0.167. The largest absolute Gasteiger partial charge is 0.497 e. The second kappa shape index (κ2) is 10.1. The van der Waals surface area contributed by atoms with Gasteiger partial charge in [-0.25, -0.2) is 0 Å². The first kappa shape index (κ1) is 23.9. The quantitative estimate of drug-likeness (QED) is 0.118. The van der Waals surface area contributed by atoms with Gasteiger partial charge in [-0.05, 0) is 63.5 Å². The van der Waals surface area contributed by atoms with Gasteiger partial charge in [0.1, 0.15) is 17.5 Å².